The van der Waals surface area contributed by atoms with Gasteiger partial charge in [0.2, 0.25) is 0 Å². The molecule has 0 saturated heterocycles. The van der Waals surface area contributed by atoms with Crippen LogP contribution in [0.1, 0.15) is 70.9 Å². The van der Waals surface area contributed by atoms with Gasteiger partial charge >= 0.3 is 0 Å². The van der Waals surface area contributed by atoms with Crippen molar-refractivity contribution < 1.29 is 18.6 Å². The van der Waals surface area contributed by atoms with Crippen LogP contribution in [0.3, 0.4) is 0 Å². The summed E-state index contributed by atoms with van der Waals surface area (Å²) in [5.74, 6) is -0.454. The van der Waals surface area contributed by atoms with E-state index < -0.39 is 10.0 Å². The predicted octanol–water partition coefficient (Wildman–Crippen LogP) is 6.87. The van der Waals surface area contributed by atoms with Crippen molar-refractivity contribution in [2.45, 2.75) is 77.5 Å². The summed E-state index contributed by atoms with van der Waals surface area (Å²) in [5.41, 5.74) is 3.45. The number of phenolic OH excluding ortho intramolecular Hbond substituents is 2. The van der Waals surface area contributed by atoms with E-state index in [1.807, 2.05) is 13.0 Å². The summed E-state index contributed by atoms with van der Waals surface area (Å²) in [5, 5.41) is 21.7. The summed E-state index contributed by atoms with van der Waals surface area (Å²) in [6.07, 6.45) is 9.27. The van der Waals surface area contributed by atoms with Crippen molar-refractivity contribution >= 4 is 15.7 Å². The maximum atomic E-state index is 13.3. The third kappa shape index (κ3) is 7.97. The first-order valence-electron chi connectivity index (χ1n) is 11.6. The Balaban J connectivity index is 2.43. The van der Waals surface area contributed by atoms with Gasteiger partial charge in [0.25, 0.3) is 10.0 Å². The van der Waals surface area contributed by atoms with Gasteiger partial charge in [-0.3, -0.25) is 4.72 Å². The van der Waals surface area contributed by atoms with Crippen LogP contribution in [0.2, 0.25) is 0 Å². The van der Waals surface area contributed by atoms with Crippen molar-refractivity contribution in [3.8, 4) is 11.5 Å². The molecule has 2 aromatic carbocycles. The molecule has 0 radical (unpaired) electrons. The Morgan fingerprint density at radius 1 is 1.03 bits per heavy atom. The molecule has 0 fully saturated rings. The largest absolute Gasteiger partial charge is 0.508 e. The SMILES string of the molecule is CCCCCc1cc(O)c(C/C=C(\C)CCC=C(C)C)c(O)c1S(=O)(=O)Nc1ccccc1. The quantitative estimate of drug-likeness (QED) is 0.233. The number of phenols is 2. The van der Waals surface area contributed by atoms with Crippen LogP contribution in [-0.4, -0.2) is 18.6 Å². The van der Waals surface area contributed by atoms with E-state index in [1.54, 1.807) is 30.3 Å². The fourth-order valence-corrected chi connectivity index (χ4v) is 5.09. The molecule has 0 heterocycles. The van der Waals surface area contributed by atoms with Gasteiger partial charge in [-0.1, -0.05) is 61.3 Å². The molecule has 0 spiro atoms. The molecule has 0 bridgehead atoms. The standard InChI is InChI=1S/C27H37NO4S/c1-5-6-8-14-22-19-25(29)24(18-17-21(4)13-11-12-20(2)3)26(30)27(22)33(31,32)28-23-15-9-7-10-16-23/h7,9-10,12,15-17,19,28-30H,5-6,8,11,13-14,18H2,1-4H3/b21-17+. The van der Waals surface area contributed by atoms with Gasteiger partial charge in [0, 0.05) is 11.3 Å². The zero-order valence-corrected chi connectivity index (χ0v) is 21.0. The normalized spacial score (nSPS) is 11.9. The summed E-state index contributed by atoms with van der Waals surface area (Å²) in [7, 11) is -4.05. The highest BCUT2D eigenvalue weighted by molar-refractivity contribution is 7.92. The van der Waals surface area contributed by atoms with E-state index >= 15 is 0 Å². The molecule has 2 aromatic rings. The van der Waals surface area contributed by atoms with Gasteiger partial charge in [0.05, 0.1) is 0 Å². The molecule has 0 aliphatic carbocycles. The van der Waals surface area contributed by atoms with Crippen molar-refractivity contribution in [2.24, 2.45) is 0 Å². The van der Waals surface area contributed by atoms with Crippen LogP contribution in [0.15, 0.2) is 64.6 Å². The number of unbranched alkanes of at least 4 members (excludes halogenated alkanes) is 2. The summed E-state index contributed by atoms with van der Waals surface area (Å²) in [6, 6.07) is 10.1. The molecule has 33 heavy (non-hydrogen) atoms. The topological polar surface area (TPSA) is 86.6 Å². The second-order valence-electron chi connectivity index (χ2n) is 8.71. The van der Waals surface area contributed by atoms with Crippen molar-refractivity contribution in [3.05, 3.63) is 70.8 Å². The van der Waals surface area contributed by atoms with Crippen LogP contribution >= 0.6 is 0 Å². The molecule has 0 saturated carbocycles. The molecular formula is C27H37NO4S. The zero-order chi connectivity index (χ0) is 24.4. The minimum Gasteiger partial charge on any atom is -0.508 e. The molecule has 6 heteroatoms. The second kappa shape index (κ2) is 12.5. The van der Waals surface area contributed by atoms with Crippen molar-refractivity contribution in [3.63, 3.8) is 0 Å². The number of aromatic hydroxyl groups is 2. The van der Waals surface area contributed by atoms with Gasteiger partial charge in [0.1, 0.15) is 16.4 Å². The summed E-state index contributed by atoms with van der Waals surface area (Å²) < 4.78 is 29.2. The molecule has 0 aliphatic rings. The third-order valence-corrected chi connectivity index (χ3v) is 7.00. The number of sulfonamides is 1. The van der Waals surface area contributed by atoms with Crippen LogP contribution in [0.4, 0.5) is 5.69 Å². The maximum Gasteiger partial charge on any atom is 0.265 e. The van der Waals surface area contributed by atoms with Crippen LogP contribution in [0, 0.1) is 0 Å². The van der Waals surface area contributed by atoms with Crippen LogP contribution < -0.4 is 4.72 Å². The zero-order valence-electron chi connectivity index (χ0n) is 20.2. The highest BCUT2D eigenvalue weighted by Crippen LogP contribution is 2.39. The second-order valence-corrected chi connectivity index (χ2v) is 10.3. The van der Waals surface area contributed by atoms with E-state index in [0.717, 1.165) is 37.7 Å². The first kappa shape index (κ1) is 26.5. The summed E-state index contributed by atoms with van der Waals surface area (Å²) in [4.78, 5) is -0.147. The molecule has 0 aromatic heterocycles. The highest BCUT2D eigenvalue weighted by atomic mass is 32.2. The van der Waals surface area contributed by atoms with Crippen LogP contribution in [0.5, 0.6) is 11.5 Å². The monoisotopic (exact) mass is 471 g/mol. The molecule has 0 aliphatic heterocycles. The van der Waals surface area contributed by atoms with Gasteiger partial charge in [-0.15, -0.1) is 0 Å². The summed E-state index contributed by atoms with van der Waals surface area (Å²) >= 11 is 0. The lowest BCUT2D eigenvalue weighted by Crippen LogP contribution is -2.16. The molecule has 5 nitrogen and oxygen atoms in total. The van der Waals surface area contributed by atoms with E-state index in [0.29, 0.717) is 17.7 Å². The average molecular weight is 472 g/mol. The van der Waals surface area contributed by atoms with Gasteiger partial charge in [-0.25, -0.2) is 8.42 Å². The minimum atomic E-state index is -4.05. The summed E-state index contributed by atoms with van der Waals surface area (Å²) in [6.45, 7) is 8.19. The number of hydrogen-bond acceptors (Lipinski definition) is 4. The Labute approximate surface area is 198 Å². The number of hydrogen-bond donors (Lipinski definition) is 3. The number of aryl methyl sites for hydroxylation is 1. The van der Waals surface area contributed by atoms with E-state index in [4.69, 9.17) is 0 Å². The lowest BCUT2D eigenvalue weighted by Gasteiger charge is -2.17. The maximum absolute atomic E-state index is 13.3. The van der Waals surface area contributed by atoms with Crippen LogP contribution in [0.25, 0.3) is 0 Å². The number of rotatable bonds is 12. The molecule has 0 amide bonds. The first-order valence-corrected chi connectivity index (χ1v) is 13.1. The molecular weight excluding hydrogens is 434 g/mol. The number of benzene rings is 2. The fourth-order valence-electron chi connectivity index (χ4n) is 3.66. The first-order chi connectivity index (χ1) is 15.7. The molecule has 2 rings (SSSR count). The van der Waals surface area contributed by atoms with Gasteiger partial charge in [0.15, 0.2) is 0 Å². The van der Waals surface area contributed by atoms with E-state index in [-0.39, 0.29) is 28.4 Å². The lowest BCUT2D eigenvalue weighted by atomic mass is 10.00. The van der Waals surface area contributed by atoms with Crippen molar-refractivity contribution in [1.29, 1.82) is 0 Å². The van der Waals surface area contributed by atoms with E-state index in [2.05, 4.69) is 31.6 Å². The van der Waals surface area contributed by atoms with Crippen molar-refractivity contribution in [1.82, 2.24) is 0 Å². The third-order valence-electron chi connectivity index (χ3n) is 5.50. The molecule has 0 atom stereocenters. The van der Waals surface area contributed by atoms with Crippen molar-refractivity contribution in [2.75, 3.05) is 4.72 Å². The Bertz CT molecular complexity index is 1080. The number of allylic oxidation sites excluding steroid dienone is 4. The van der Waals surface area contributed by atoms with Gasteiger partial charge < -0.3 is 10.2 Å². The van der Waals surface area contributed by atoms with Gasteiger partial charge in [-0.2, -0.15) is 0 Å². The molecule has 180 valence electrons. The molecule has 3 N–H and O–H groups in total. The van der Waals surface area contributed by atoms with E-state index in [9.17, 15) is 18.6 Å². The minimum absolute atomic E-state index is 0.0778. The Morgan fingerprint density at radius 3 is 2.36 bits per heavy atom. The number of nitrogens with one attached hydrogen (secondary N) is 1. The van der Waals surface area contributed by atoms with Crippen LogP contribution in [-0.2, 0) is 22.9 Å². The Hall–Kier alpha value is -2.73. The smallest absolute Gasteiger partial charge is 0.265 e. The van der Waals surface area contributed by atoms with Gasteiger partial charge in [-0.05, 0) is 76.6 Å². The fraction of sp³-hybridized carbons (Fsp3) is 0.407. The number of anilines is 1. The Morgan fingerprint density at radius 2 is 1.73 bits per heavy atom. The van der Waals surface area contributed by atoms with E-state index in [1.165, 1.54) is 11.6 Å². The Kier molecular flexibility index (Phi) is 10.0. The number of para-hydroxylation sites is 1. The predicted molar refractivity (Wildman–Crippen MR) is 136 cm³/mol. The highest BCUT2D eigenvalue weighted by Gasteiger charge is 2.27. The lowest BCUT2D eigenvalue weighted by molar-refractivity contribution is 0.427. The average Bonchev–Trinajstić information content (AvgIpc) is 2.73. The molecule has 0 unspecified atom stereocenters.